The number of aromatic nitrogens is 1. The zero-order valence-electron chi connectivity index (χ0n) is 11.4. The molecule has 112 valence electrons. The zero-order chi connectivity index (χ0) is 15.8. The molecule has 0 atom stereocenters. The predicted octanol–water partition coefficient (Wildman–Crippen LogP) is 3.63. The molecule has 0 saturated heterocycles. The maximum atomic E-state index is 11.5. The number of carbonyl (C=O) groups is 2. The molecule has 0 unspecified atom stereocenters. The molecule has 2 rings (SSSR count). The molecule has 0 bridgehead atoms. The quantitative estimate of drug-likeness (QED) is 0.846. The molecule has 22 heavy (non-hydrogen) atoms. The van der Waals surface area contributed by atoms with Crippen molar-refractivity contribution in [2.45, 2.75) is 6.54 Å². The van der Waals surface area contributed by atoms with Crippen LogP contribution in [0.2, 0.25) is 5.02 Å². The van der Waals surface area contributed by atoms with Crippen LogP contribution in [0.15, 0.2) is 59.0 Å². The van der Waals surface area contributed by atoms with Gasteiger partial charge in [0.25, 0.3) is 0 Å². The summed E-state index contributed by atoms with van der Waals surface area (Å²) in [5.41, 5.74) is 1.33. The summed E-state index contributed by atoms with van der Waals surface area (Å²) in [5.74, 6) is 0. The van der Waals surface area contributed by atoms with Gasteiger partial charge in [0.15, 0.2) is 0 Å². The molecule has 1 aromatic carbocycles. The highest BCUT2D eigenvalue weighted by atomic mass is 35.5. The first-order valence-corrected chi connectivity index (χ1v) is 6.66. The Hall–Kier alpha value is -2.80. The summed E-state index contributed by atoms with van der Waals surface area (Å²) in [4.78, 5) is 26.8. The Morgan fingerprint density at radius 1 is 1.09 bits per heavy atom. The molecular weight excluding hydrogens is 306 g/mol. The summed E-state index contributed by atoms with van der Waals surface area (Å²) in [5, 5.41) is 12.0. The summed E-state index contributed by atoms with van der Waals surface area (Å²) in [6.07, 6.45) is 3.23. The lowest BCUT2D eigenvalue weighted by molar-refractivity contribution is 0.244. The maximum Gasteiger partial charge on any atom is 0.364 e. The number of carbonyl (C=O) groups excluding carboxylic acids is 2. The SMILES string of the molecule is O=C(/N=N/C(=O)Nc1cccc(Cl)c1)NCc1ccncc1. The lowest BCUT2D eigenvalue weighted by Crippen LogP contribution is -2.19. The molecule has 0 radical (unpaired) electrons. The highest BCUT2D eigenvalue weighted by Gasteiger charge is 2.03. The van der Waals surface area contributed by atoms with Gasteiger partial charge < -0.3 is 10.6 Å². The van der Waals surface area contributed by atoms with Crippen molar-refractivity contribution in [1.82, 2.24) is 10.3 Å². The van der Waals surface area contributed by atoms with Crippen molar-refractivity contribution in [3.05, 3.63) is 59.4 Å². The molecule has 1 aromatic heterocycles. The largest absolute Gasteiger partial charge is 0.364 e. The van der Waals surface area contributed by atoms with E-state index in [1.54, 1.807) is 48.8 Å². The Kier molecular flexibility index (Phi) is 5.56. The highest BCUT2D eigenvalue weighted by Crippen LogP contribution is 2.14. The minimum atomic E-state index is -0.763. The zero-order valence-corrected chi connectivity index (χ0v) is 12.1. The van der Waals surface area contributed by atoms with E-state index in [0.29, 0.717) is 10.7 Å². The first-order valence-electron chi connectivity index (χ1n) is 6.28. The van der Waals surface area contributed by atoms with Crippen molar-refractivity contribution in [2.75, 3.05) is 5.32 Å². The van der Waals surface area contributed by atoms with E-state index in [4.69, 9.17) is 11.6 Å². The van der Waals surface area contributed by atoms with E-state index in [9.17, 15) is 9.59 Å². The van der Waals surface area contributed by atoms with Crippen LogP contribution in [0.3, 0.4) is 0 Å². The fourth-order valence-corrected chi connectivity index (χ4v) is 1.71. The third-order valence-electron chi connectivity index (χ3n) is 2.50. The van der Waals surface area contributed by atoms with E-state index in [1.807, 2.05) is 0 Å². The van der Waals surface area contributed by atoms with E-state index >= 15 is 0 Å². The molecule has 0 aliphatic rings. The molecule has 0 spiro atoms. The highest BCUT2D eigenvalue weighted by molar-refractivity contribution is 6.30. The first-order chi connectivity index (χ1) is 10.6. The van der Waals surface area contributed by atoms with Crippen LogP contribution in [0.25, 0.3) is 0 Å². The van der Waals surface area contributed by atoms with Crippen molar-refractivity contribution in [3.63, 3.8) is 0 Å². The molecule has 0 aliphatic carbocycles. The van der Waals surface area contributed by atoms with Crippen LogP contribution >= 0.6 is 11.6 Å². The number of urea groups is 2. The van der Waals surface area contributed by atoms with Gasteiger partial charge in [0, 0.05) is 29.6 Å². The Bertz CT molecular complexity index is 691. The minimum Gasteiger partial charge on any atom is -0.331 e. The van der Waals surface area contributed by atoms with Gasteiger partial charge in [-0.05, 0) is 35.9 Å². The number of nitrogens with one attached hydrogen (secondary N) is 2. The second-order valence-corrected chi connectivity index (χ2v) is 4.59. The number of rotatable bonds is 3. The minimum absolute atomic E-state index is 0.274. The summed E-state index contributed by atoms with van der Waals surface area (Å²) < 4.78 is 0. The van der Waals surface area contributed by atoms with Crippen LogP contribution in [0.5, 0.6) is 0 Å². The van der Waals surface area contributed by atoms with Crippen molar-refractivity contribution in [3.8, 4) is 0 Å². The van der Waals surface area contributed by atoms with Crippen LogP contribution < -0.4 is 10.6 Å². The number of amides is 4. The second-order valence-electron chi connectivity index (χ2n) is 4.15. The van der Waals surface area contributed by atoms with Crippen LogP contribution in [0.4, 0.5) is 15.3 Å². The van der Waals surface area contributed by atoms with E-state index in [-0.39, 0.29) is 6.54 Å². The summed E-state index contributed by atoms with van der Waals surface area (Å²) in [6, 6.07) is 8.58. The van der Waals surface area contributed by atoms with Crippen molar-refractivity contribution >= 4 is 29.4 Å². The van der Waals surface area contributed by atoms with Crippen LogP contribution in [-0.2, 0) is 6.54 Å². The molecule has 1 heterocycles. The van der Waals surface area contributed by atoms with E-state index in [0.717, 1.165) is 5.56 Å². The monoisotopic (exact) mass is 317 g/mol. The predicted molar refractivity (Wildman–Crippen MR) is 81.8 cm³/mol. The average molecular weight is 318 g/mol. The number of hydrogen-bond acceptors (Lipinski definition) is 3. The number of halogens is 1. The Morgan fingerprint density at radius 2 is 1.82 bits per heavy atom. The molecule has 7 nitrogen and oxygen atoms in total. The smallest absolute Gasteiger partial charge is 0.331 e. The third-order valence-corrected chi connectivity index (χ3v) is 2.74. The van der Waals surface area contributed by atoms with Gasteiger partial charge in [-0.25, -0.2) is 9.59 Å². The molecule has 2 aromatic rings. The van der Waals surface area contributed by atoms with Gasteiger partial charge >= 0.3 is 12.1 Å². The number of nitrogens with zero attached hydrogens (tertiary/aromatic N) is 3. The fraction of sp³-hybridized carbons (Fsp3) is 0.0714. The van der Waals surface area contributed by atoms with Crippen LogP contribution in [0.1, 0.15) is 5.56 Å². The lowest BCUT2D eigenvalue weighted by Gasteiger charge is -2.01. The molecule has 0 aliphatic heterocycles. The molecule has 2 N–H and O–H groups in total. The molecule has 0 fully saturated rings. The number of benzene rings is 1. The van der Waals surface area contributed by atoms with Gasteiger partial charge in [-0.2, -0.15) is 0 Å². The molecule has 4 amide bonds. The number of pyridine rings is 1. The molecule has 0 saturated carbocycles. The molecular formula is C14H12ClN5O2. The van der Waals surface area contributed by atoms with Crippen LogP contribution in [0, 0.1) is 0 Å². The van der Waals surface area contributed by atoms with E-state index in [2.05, 4.69) is 25.8 Å². The van der Waals surface area contributed by atoms with Gasteiger partial charge in [0.2, 0.25) is 0 Å². The normalized spacial score (nSPS) is 10.4. The van der Waals surface area contributed by atoms with Gasteiger partial charge in [0.1, 0.15) is 0 Å². The lowest BCUT2D eigenvalue weighted by atomic mass is 10.3. The summed E-state index contributed by atoms with van der Waals surface area (Å²) in [7, 11) is 0. The standard InChI is InChI=1S/C14H12ClN5O2/c15-11-2-1-3-12(8-11)18-14(22)20-19-13(21)17-9-10-4-6-16-7-5-10/h1-8H,9H2,(H,17,21)(H,18,22)/b20-19+. The topological polar surface area (TPSA) is 95.8 Å². The maximum absolute atomic E-state index is 11.5. The summed E-state index contributed by atoms with van der Waals surface area (Å²) >= 11 is 5.78. The van der Waals surface area contributed by atoms with Gasteiger partial charge in [-0.1, -0.05) is 27.9 Å². The fourth-order valence-electron chi connectivity index (χ4n) is 1.52. The van der Waals surface area contributed by atoms with Crippen molar-refractivity contribution in [2.24, 2.45) is 10.2 Å². The third kappa shape index (κ3) is 5.29. The summed E-state index contributed by atoms with van der Waals surface area (Å²) in [6.45, 7) is 0.274. The Morgan fingerprint density at radius 3 is 2.55 bits per heavy atom. The second kappa shape index (κ2) is 7.84. The van der Waals surface area contributed by atoms with Gasteiger partial charge in [-0.3, -0.25) is 4.98 Å². The number of azo groups is 1. The Balaban J connectivity index is 1.80. The Labute approximate surface area is 131 Å². The van der Waals surface area contributed by atoms with Crippen molar-refractivity contribution < 1.29 is 9.59 Å². The average Bonchev–Trinajstić information content (AvgIpc) is 2.52. The van der Waals surface area contributed by atoms with Gasteiger partial charge in [-0.15, -0.1) is 0 Å². The van der Waals surface area contributed by atoms with E-state index < -0.39 is 12.1 Å². The van der Waals surface area contributed by atoms with Gasteiger partial charge in [0.05, 0.1) is 0 Å². The van der Waals surface area contributed by atoms with Crippen LogP contribution in [-0.4, -0.2) is 17.0 Å². The number of anilines is 1. The number of hydrogen-bond donors (Lipinski definition) is 2. The van der Waals surface area contributed by atoms with Crippen molar-refractivity contribution in [1.29, 1.82) is 0 Å². The molecule has 8 heteroatoms. The van der Waals surface area contributed by atoms with E-state index in [1.165, 1.54) is 0 Å². The first kappa shape index (κ1) is 15.6.